The Morgan fingerprint density at radius 2 is 2.04 bits per heavy atom. The minimum Gasteiger partial charge on any atom is -0.481 e. The number of aromatic nitrogens is 3. The summed E-state index contributed by atoms with van der Waals surface area (Å²) in [5.74, 6) is -1.61. The lowest BCUT2D eigenvalue weighted by Crippen LogP contribution is -2.34. The molecule has 3 rings (SSSR count). The van der Waals surface area contributed by atoms with Gasteiger partial charge in [-0.2, -0.15) is 0 Å². The van der Waals surface area contributed by atoms with Gasteiger partial charge >= 0.3 is 11.7 Å². The molecule has 0 saturated carbocycles. The predicted octanol–water partition coefficient (Wildman–Crippen LogP) is 2.42. The van der Waals surface area contributed by atoms with E-state index in [9.17, 15) is 14.0 Å². The highest BCUT2D eigenvalue weighted by atomic mass is 35.5. The van der Waals surface area contributed by atoms with Crippen LogP contribution in [0.2, 0.25) is 5.02 Å². The van der Waals surface area contributed by atoms with E-state index in [4.69, 9.17) is 27.2 Å². The van der Waals surface area contributed by atoms with Crippen LogP contribution in [0.25, 0.3) is 5.69 Å². The maximum atomic E-state index is 13.8. The van der Waals surface area contributed by atoms with Crippen LogP contribution in [0.15, 0.2) is 53.7 Å². The molecule has 1 aromatic carbocycles. The largest absolute Gasteiger partial charge is 0.481 e. The van der Waals surface area contributed by atoms with Gasteiger partial charge < -0.3 is 15.6 Å². The Kier molecular flexibility index (Phi) is 5.76. The Labute approximate surface area is 163 Å². The van der Waals surface area contributed by atoms with E-state index >= 15 is 0 Å². The van der Waals surface area contributed by atoms with Gasteiger partial charge in [-0.05, 0) is 30.3 Å². The molecule has 0 saturated heterocycles. The second kappa shape index (κ2) is 8.24. The standard InChI is InChI=1S/C18H16ClFN4O4/c19-11-7-15(20)17(22-9-11)28-14-3-1-13(2-4-14)24-6-5-23(18(24)27)10-12(21)8-16(25)26/h1-7,9,12H,8,10,21H2,(H,25,26)/t12-/m0/s1. The molecule has 2 heterocycles. The summed E-state index contributed by atoms with van der Waals surface area (Å²) in [6.45, 7) is 0.0842. The van der Waals surface area contributed by atoms with E-state index in [2.05, 4.69) is 4.98 Å². The molecule has 0 aliphatic heterocycles. The van der Waals surface area contributed by atoms with Crippen molar-refractivity contribution in [2.24, 2.45) is 5.73 Å². The molecule has 0 aliphatic rings. The number of hydrogen-bond donors (Lipinski definition) is 2. The molecule has 0 bridgehead atoms. The van der Waals surface area contributed by atoms with Crippen LogP contribution in [-0.2, 0) is 11.3 Å². The van der Waals surface area contributed by atoms with Gasteiger partial charge in [0.2, 0.25) is 0 Å². The van der Waals surface area contributed by atoms with Crippen molar-refractivity contribution in [1.82, 2.24) is 14.1 Å². The second-order valence-electron chi connectivity index (χ2n) is 6.00. The van der Waals surface area contributed by atoms with Gasteiger partial charge in [-0.25, -0.2) is 14.2 Å². The zero-order valence-electron chi connectivity index (χ0n) is 14.5. The summed E-state index contributed by atoms with van der Waals surface area (Å²) in [6.07, 6.45) is 4.11. The van der Waals surface area contributed by atoms with Gasteiger partial charge in [0.05, 0.1) is 17.1 Å². The number of imidazole rings is 1. The molecule has 0 aliphatic carbocycles. The molecule has 146 valence electrons. The molecule has 3 N–H and O–H groups in total. The number of rotatable bonds is 7. The highest BCUT2D eigenvalue weighted by molar-refractivity contribution is 6.30. The third-order valence-electron chi connectivity index (χ3n) is 3.82. The van der Waals surface area contributed by atoms with Crippen molar-refractivity contribution in [2.45, 2.75) is 19.0 Å². The van der Waals surface area contributed by atoms with E-state index in [-0.39, 0.29) is 29.6 Å². The number of nitrogens with zero attached hydrogens (tertiary/aromatic N) is 3. The lowest BCUT2D eigenvalue weighted by molar-refractivity contribution is -0.137. The molecule has 0 radical (unpaired) electrons. The van der Waals surface area contributed by atoms with Crippen LogP contribution in [0.1, 0.15) is 6.42 Å². The monoisotopic (exact) mass is 406 g/mol. The highest BCUT2D eigenvalue weighted by Crippen LogP contribution is 2.24. The normalized spacial score (nSPS) is 12.0. The van der Waals surface area contributed by atoms with Crippen LogP contribution in [-0.4, -0.2) is 31.2 Å². The topological polar surface area (TPSA) is 112 Å². The lowest BCUT2D eigenvalue weighted by Gasteiger charge is -2.09. The first kappa shape index (κ1) is 19.6. The minimum absolute atomic E-state index is 0.0842. The van der Waals surface area contributed by atoms with Crippen molar-refractivity contribution in [2.75, 3.05) is 0 Å². The summed E-state index contributed by atoms with van der Waals surface area (Å²) >= 11 is 5.65. The van der Waals surface area contributed by atoms with Gasteiger partial charge in [0.25, 0.3) is 5.88 Å². The van der Waals surface area contributed by atoms with E-state index in [1.54, 1.807) is 30.5 Å². The SMILES string of the molecule is N[C@@H](CC(=O)O)Cn1ccn(-c2ccc(Oc3ncc(Cl)cc3F)cc2)c1=O. The molecule has 0 fully saturated rings. The maximum absolute atomic E-state index is 13.8. The molecule has 3 aromatic rings. The number of carbonyl (C=O) groups is 1. The first-order chi connectivity index (χ1) is 13.3. The van der Waals surface area contributed by atoms with E-state index in [0.29, 0.717) is 11.4 Å². The number of benzene rings is 1. The fraction of sp³-hybridized carbons (Fsp3) is 0.167. The first-order valence-corrected chi connectivity index (χ1v) is 8.56. The van der Waals surface area contributed by atoms with Gasteiger partial charge in [-0.1, -0.05) is 11.6 Å². The molecule has 0 unspecified atom stereocenters. The van der Waals surface area contributed by atoms with Crippen molar-refractivity contribution in [1.29, 1.82) is 0 Å². The van der Waals surface area contributed by atoms with E-state index < -0.39 is 17.8 Å². The Balaban J connectivity index is 1.75. The number of aliphatic carboxylic acids is 1. The fourth-order valence-electron chi connectivity index (χ4n) is 2.55. The number of carboxylic acids is 1. The van der Waals surface area contributed by atoms with E-state index in [1.165, 1.54) is 21.5 Å². The first-order valence-electron chi connectivity index (χ1n) is 8.18. The quantitative estimate of drug-likeness (QED) is 0.623. The van der Waals surface area contributed by atoms with Crippen LogP contribution in [0.4, 0.5) is 4.39 Å². The maximum Gasteiger partial charge on any atom is 0.332 e. The average molecular weight is 407 g/mol. The Bertz CT molecular complexity index is 1050. The zero-order valence-corrected chi connectivity index (χ0v) is 15.2. The number of pyridine rings is 1. The van der Waals surface area contributed by atoms with E-state index in [0.717, 1.165) is 6.07 Å². The third-order valence-corrected chi connectivity index (χ3v) is 4.03. The van der Waals surface area contributed by atoms with Crippen molar-refractivity contribution in [3.8, 4) is 17.3 Å². The van der Waals surface area contributed by atoms with Gasteiger partial charge in [-0.15, -0.1) is 0 Å². The Hall–Kier alpha value is -3.17. The number of carboxylic acid groups (broad SMARTS) is 1. The summed E-state index contributed by atoms with van der Waals surface area (Å²) in [4.78, 5) is 26.9. The van der Waals surface area contributed by atoms with E-state index in [1.807, 2.05) is 0 Å². The summed E-state index contributed by atoms with van der Waals surface area (Å²) < 4.78 is 21.8. The summed E-state index contributed by atoms with van der Waals surface area (Å²) in [6, 6.07) is 6.77. The van der Waals surface area contributed by atoms with Crippen LogP contribution in [0.5, 0.6) is 11.6 Å². The summed E-state index contributed by atoms with van der Waals surface area (Å²) in [5.41, 5.74) is 5.91. The molecule has 1 atom stereocenters. The number of ether oxygens (including phenoxy) is 1. The number of halogens is 2. The smallest absolute Gasteiger partial charge is 0.332 e. The van der Waals surface area contributed by atoms with Gasteiger partial charge in [0.1, 0.15) is 5.75 Å². The molecule has 2 aromatic heterocycles. The van der Waals surface area contributed by atoms with Crippen LogP contribution >= 0.6 is 11.6 Å². The molecule has 0 spiro atoms. The lowest BCUT2D eigenvalue weighted by atomic mass is 10.2. The highest BCUT2D eigenvalue weighted by Gasteiger charge is 2.13. The second-order valence-corrected chi connectivity index (χ2v) is 6.43. The minimum atomic E-state index is -1.03. The van der Waals surface area contributed by atoms with Crippen LogP contribution in [0, 0.1) is 5.82 Å². The van der Waals surface area contributed by atoms with Crippen LogP contribution < -0.4 is 16.2 Å². The van der Waals surface area contributed by atoms with Gasteiger partial charge in [0, 0.05) is 31.2 Å². The summed E-state index contributed by atoms with van der Waals surface area (Å²) in [5, 5.41) is 8.92. The molecule has 10 heteroatoms. The summed E-state index contributed by atoms with van der Waals surface area (Å²) in [7, 11) is 0. The molecular weight excluding hydrogens is 391 g/mol. The van der Waals surface area contributed by atoms with Crippen molar-refractivity contribution in [3.05, 3.63) is 70.2 Å². The van der Waals surface area contributed by atoms with Gasteiger partial charge in [0.15, 0.2) is 5.82 Å². The molecular formula is C18H16ClFN4O4. The van der Waals surface area contributed by atoms with Crippen molar-refractivity contribution >= 4 is 17.6 Å². The molecule has 0 amide bonds. The zero-order chi connectivity index (χ0) is 20.3. The number of nitrogens with two attached hydrogens (primary N) is 1. The Morgan fingerprint density at radius 1 is 1.32 bits per heavy atom. The number of hydrogen-bond acceptors (Lipinski definition) is 5. The Morgan fingerprint density at radius 3 is 2.68 bits per heavy atom. The van der Waals surface area contributed by atoms with Crippen LogP contribution in [0.3, 0.4) is 0 Å². The molecule has 8 nitrogen and oxygen atoms in total. The predicted molar refractivity (Wildman–Crippen MR) is 99.5 cm³/mol. The average Bonchev–Trinajstić information content (AvgIpc) is 2.98. The van der Waals surface area contributed by atoms with Gasteiger partial charge in [-0.3, -0.25) is 13.9 Å². The fourth-order valence-corrected chi connectivity index (χ4v) is 2.70. The molecule has 28 heavy (non-hydrogen) atoms. The third kappa shape index (κ3) is 4.56. The van der Waals surface area contributed by atoms with Crippen molar-refractivity contribution in [3.63, 3.8) is 0 Å². The van der Waals surface area contributed by atoms with Crippen molar-refractivity contribution < 1.29 is 19.0 Å².